The zero-order valence-electron chi connectivity index (χ0n) is 20.5. The van der Waals surface area contributed by atoms with Gasteiger partial charge in [0.05, 0.1) is 29.7 Å². The number of morpholine rings is 1. The van der Waals surface area contributed by atoms with Crippen molar-refractivity contribution in [2.75, 3.05) is 30.0 Å². The number of benzene rings is 1. The standard InChI is InChI=1S/C27H35N5O2S/c1-18-17-34-15-14-32(18)24-16-23(27(12-13-27)35-22-4-2-3-5-22)30-25(31-24)19-6-8-20(9-7-19)28-26(33)29-21-10-11-21/h6-9,16,18,21-22H,2-5,10-15,17H2,1H3,(H2,28,29,33)/t18-/m0/s1. The molecule has 4 aliphatic rings. The Bertz CT molecular complexity index is 1060. The first-order valence-corrected chi connectivity index (χ1v) is 14.1. The van der Waals surface area contributed by atoms with Crippen LogP contribution >= 0.6 is 11.8 Å². The molecule has 6 rings (SSSR count). The lowest BCUT2D eigenvalue weighted by Crippen LogP contribution is -2.44. The molecule has 2 aromatic rings. The topological polar surface area (TPSA) is 79.4 Å². The maximum atomic E-state index is 12.1. The number of hydrogen-bond donors (Lipinski definition) is 2. The van der Waals surface area contributed by atoms with Crippen LogP contribution in [0.4, 0.5) is 16.3 Å². The van der Waals surface area contributed by atoms with Crippen LogP contribution in [0.1, 0.15) is 64.0 Å². The van der Waals surface area contributed by atoms with Gasteiger partial charge in [0.1, 0.15) is 5.82 Å². The highest BCUT2D eigenvalue weighted by Crippen LogP contribution is 2.60. The maximum Gasteiger partial charge on any atom is 0.319 e. The van der Waals surface area contributed by atoms with Crippen molar-refractivity contribution in [1.82, 2.24) is 15.3 Å². The molecule has 8 heteroatoms. The average molecular weight is 494 g/mol. The van der Waals surface area contributed by atoms with E-state index < -0.39 is 0 Å². The predicted octanol–water partition coefficient (Wildman–Crippen LogP) is 5.32. The van der Waals surface area contributed by atoms with Gasteiger partial charge >= 0.3 is 6.03 Å². The van der Waals surface area contributed by atoms with Crippen molar-refractivity contribution in [3.8, 4) is 11.4 Å². The molecular weight excluding hydrogens is 458 g/mol. The van der Waals surface area contributed by atoms with Crippen LogP contribution in [0.2, 0.25) is 0 Å². The van der Waals surface area contributed by atoms with Crippen LogP contribution in [0.25, 0.3) is 11.4 Å². The quantitative estimate of drug-likeness (QED) is 0.544. The van der Waals surface area contributed by atoms with Gasteiger partial charge < -0.3 is 20.3 Å². The average Bonchev–Trinajstić information content (AvgIpc) is 3.78. The van der Waals surface area contributed by atoms with Gasteiger partial charge in [-0.25, -0.2) is 14.8 Å². The Kier molecular flexibility index (Phi) is 6.35. The first-order valence-electron chi connectivity index (χ1n) is 13.2. The lowest BCUT2D eigenvalue weighted by Gasteiger charge is -2.35. The van der Waals surface area contributed by atoms with E-state index in [9.17, 15) is 4.79 Å². The number of thioether (sulfide) groups is 1. The van der Waals surface area contributed by atoms with Gasteiger partial charge in [-0.1, -0.05) is 12.8 Å². The predicted molar refractivity (Wildman–Crippen MR) is 141 cm³/mol. The minimum Gasteiger partial charge on any atom is -0.377 e. The van der Waals surface area contributed by atoms with E-state index in [2.05, 4.69) is 40.3 Å². The first-order chi connectivity index (χ1) is 17.1. The Labute approximate surface area is 211 Å². The van der Waals surface area contributed by atoms with E-state index in [4.69, 9.17) is 14.7 Å². The monoisotopic (exact) mass is 493 g/mol. The Hall–Kier alpha value is -2.32. The van der Waals surface area contributed by atoms with E-state index in [-0.39, 0.29) is 16.8 Å². The Morgan fingerprint density at radius 2 is 1.89 bits per heavy atom. The fourth-order valence-corrected chi connectivity index (χ4v) is 6.94. The molecule has 35 heavy (non-hydrogen) atoms. The van der Waals surface area contributed by atoms with E-state index in [1.165, 1.54) is 44.2 Å². The normalized spacial score (nSPS) is 23.8. The van der Waals surface area contributed by atoms with Crippen LogP contribution < -0.4 is 15.5 Å². The fourth-order valence-electron chi connectivity index (χ4n) is 5.17. The molecule has 1 aliphatic heterocycles. The van der Waals surface area contributed by atoms with Gasteiger partial charge in [-0.15, -0.1) is 11.8 Å². The molecule has 1 aromatic carbocycles. The van der Waals surface area contributed by atoms with Crippen LogP contribution in [0, 0.1) is 0 Å². The van der Waals surface area contributed by atoms with Crippen molar-refractivity contribution in [3.63, 3.8) is 0 Å². The van der Waals surface area contributed by atoms with E-state index in [1.807, 2.05) is 24.3 Å². The highest BCUT2D eigenvalue weighted by Gasteiger charge is 2.49. The second kappa shape index (κ2) is 9.62. The molecule has 4 fully saturated rings. The molecule has 3 aliphatic carbocycles. The van der Waals surface area contributed by atoms with E-state index in [0.29, 0.717) is 6.04 Å². The van der Waals surface area contributed by atoms with E-state index in [1.54, 1.807) is 0 Å². The summed E-state index contributed by atoms with van der Waals surface area (Å²) < 4.78 is 5.83. The fraction of sp³-hybridized carbons (Fsp3) is 0.593. The summed E-state index contributed by atoms with van der Waals surface area (Å²) in [6, 6.07) is 10.6. The summed E-state index contributed by atoms with van der Waals surface area (Å²) in [5.74, 6) is 1.77. The molecule has 3 saturated carbocycles. The summed E-state index contributed by atoms with van der Waals surface area (Å²) >= 11 is 2.16. The molecule has 0 radical (unpaired) electrons. The molecule has 2 amide bonds. The maximum absolute atomic E-state index is 12.1. The lowest BCUT2D eigenvalue weighted by atomic mass is 10.1. The molecule has 2 N–H and O–H groups in total. The molecule has 186 valence electrons. The molecule has 1 atom stereocenters. The number of anilines is 2. The molecule has 0 spiro atoms. The molecule has 1 aromatic heterocycles. The number of nitrogens with zero attached hydrogens (tertiary/aromatic N) is 3. The second-order valence-corrected chi connectivity index (χ2v) is 12.2. The molecular formula is C27H35N5O2S. The number of nitrogens with one attached hydrogen (secondary N) is 2. The zero-order chi connectivity index (χ0) is 23.8. The Morgan fingerprint density at radius 3 is 2.57 bits per heavy atom. The van der Waals surface area contributed by atoms with Crippen molar-refractivity contribution in [2.45, 2.75) is 80.4 Å². The highest BCUT2D eigenvalue weighted by molar-refractivity contribution is 8.01. The first kappa shape index (κ1) is 23.1. The SMILES string of the molecule is C[C@H]1COCCN1c1cc(C2(SC3CCCC3)CC2)nc(-c2ccc(NC(=O)NC3CC3)cc2)n1. The van der Waals surface area contributed by atoms with Gasteiger partial charge in [0.2, 0.25) is 0 Å². The zero-order valence-corrected chi connectivity index (χ0v) is 21.3. The number of rotatable bonds is 7. The van der Waals surface area contributed by atoms with Crippen LogP contribution in [0.15, 0.2) is 30.3 Å². The highest BCUT2D eigenvalue weighted by atomic mass is 32.2. The summed E-state index contributed by atoms with van der Waals surface area (Å²) in [5, 5.41) is 6.65. The third kappa shape index (κ3) is 5.28. The smallest absolute Gasteiger partial charge is 0.319 e. The van der Waals surface area contributed by atoms with Crippen molar-refractivity contribution in [2.24, 2.45) is 0 Å². The van der Waals surface area contributed by atoms with E-state index in [0.717, 1.165) is 60.7 Å². The summed E-state index contributed by atoms with van der Waals surface area (Å²) in [5.41, 5.74) is 2.93. The van der Waals surface area contributed by atoms with Gasteiger partial charge in [0, 0.05) is 35.2 Å². The van der Waals surface area contributed by atoms with E-state index >= 15 is 0 Å². The molecule has 0 unspecified atom stereocenters. The minimum atomic E-state index is -0.137. The van der Waals surface area contributed by atoms with Gasteiger partial charge in [0.15, 0.2) is 5.82 Å². The largest absolute Gasteiger partial charge is 0.377 e. The molecule has 0 bridgehead atoms. The van der Waals surface area contributed by atoms with Gasteiger partial charge in [-0.2, -0.15) is 0 Å². The number of urea groups is 1. The number of hydrogen-bond acceptors (Lipinski definition) is 6. The second-order valence-electron chi connectivity index (χ2n) is 10.5. The summed E-state index contributed by atoms with van der Waals surface area (Å²) in [4.78, 5) is 24.7. The van der Waals surface area contributed by atoms with Gasteiger partial charge in [-0.3, -0.25) is 0 Å². The number of carbonyl (C=O) groups excluding carboxylic acids is 1. The van der Waals surface area contributed by atoms with Crippen molar-refractivity contribution >= 4 is 29.3 Å². The van der Waals surface area contributed by atoms with Crippen molar-refractivity contribution in [3.05, 3.63) is 36.0 Å². The summed E-state index contributed by atoms with van der Waals surface area (Å²) in [6.45, 7) is 4.50. The number of aromatic nitrogens is 2. The number of ether oxygens (including phenoxy) is 1. The summed E-state index contributed by atoms with van der Waals surface area (Å²) in [7, 11) is 0. The van der Waals surface area contributed by atoms with Crippen molar-refractivity contribution in [1.29, 1.82) is 0 Å². The van der Waals surface area contributed by atoms with Crippen LogP contribution in [-0.4, -0.2) is 53.1 Å². The van der Waals surface area contributed by atoms with Gasteiger partial charge in [0.25, 0.3) is 0 Å². The molecule has 2 heterocycles. The number of carbonyl (C=O) groups is 1. The summed E-state index contributed by atoms with van der Waals surface area (Å²) in [6.07, 6.45) is 9.93. The van der Waals surface area contributed by atoms with Crippen LogP contribution in [0.3, 0.4) is 0 Å². The number of amides is 2. The molecule has 1 saturated heterocycles. The van der Waals surface area contributed by atoms with Crippen molar-refractivity contribution < 1.29 is 9.53 Å². The Balaban J connectivity index is 1.28. The van der Waals surface area contributed by atoms with Gasteiger partial charge in [-0.05, 0) is 69.7 Å². The van der Waals surface area contributed by atoms with Crippen LogP contribution in [-0.2, 0) is 9.48 Å². The van der Waals surface area contributed by atoms with Crippen LogP contribution in [0.5, 0.6) is 0 Å². The molecule has 7 nitrogen and oxygen atoms in total. The lowest BCUT2D eigenvalue weighted by molar-refractivity contribution is 0.0985. The third-order valence-corrected chi connectivity index (χ3v) is 9.43. The third-order valence-electron chi connectivity index (χ3n) is 7.55. The Morgan fingerprint density at radius 1 is 1.11 bits per heavy atom. The minimum absolute atomic E-state index is 0.137.